The van der Waals surface area contributed by atoms with Crippen molar-refractivity contribution >= 4 is 27.3 Å². The Labute approximate surface area is 87.2 Å². The van der Waals surface area contributed by atoms with Gasteiger partial charge in [-0.1, -0.05) is 0 Å². The van der Waals surface area contributed by atoms with Crippen LogP contribution in [-0.4, -0.2) is 9.97 Å². The van der Waals surface area contributed by atoms with Gasteiger partial charge < -0.3 is 4.98 Å². The predicted octanol–water partition coefficient (Wildman–Crippen LogP) is 2.77. The molecule has 0 spiro atoms. The van der Waals surface area contributed by atoms with Gasteiger partial charge in [0.05, 0.1) is 20.6 Å². The molecular formula is C8H4BrN3S. The molecule has 0 aliphatic carbocycles. The van der Waals surface area contributed by atoms with Crippen LogP contribution in [0.2, 0.25) is 0 Å². The molecule has 0 amide bonds. The van der Waals surface area contributed by atoms with E-state index in [1.807, 2.05) is 18.2 Å². The Morgan fingerprint density at radius 2 is 2.38 bits per heavy atom. The molecule has 0 fully saturated rings. The molecule has 0 aromatic carbocycles. The third-order valence-corrected chi connectivity index (χ3v) is 3.18. The van der Waals surface area contributed by atoms with Crippen LogP contribution in [-0.2, 0) is 0 Å². The van der Waals surface area contributed by atoms with Crippen molar-refractivity contribution in [3.05, 3.63) is 27.9 Å². The highest BCUT2D eigenvalue weighted by Gasteiger charge is 2.04. The van der Waals surface area contributed by atoms with E-state index >= 15 is 0 Å². The number of aromatic nitrogens is 2. The maximum absolute atomic E-state index is 8.55. The van der Waals surface area contributed by atoms with Gasteiger partial charge in [-0.15, -0.1) is 11.3 Å². The van der Waals surface area contributed by atoms with E-state index in [-0.39, 0.29) is 0 Å². The van der Waals surface area contributed by atoms with Crippen molar-refractivity contribution in [2.24, 2.45) is 0 Å². The van der Waals surface area contributed by atoms with E-state index in [1.54, 1.807) is 17.5 Å². The molecule has 0 saturated heterocycles. The second kappa shape index (κ2) is 3.32. The normalized spacial score (nSPS) is 9.85. The third kappa shape index (κ3) is 1.64. The smallest absolute Gasteiger partial charge is 0.210 e. The Morgan fingerprint density at radius 3 is 2.92 bits per heavy atom. The number of aromatic amines is 1. The maximum atomic E-state index is 8.55. The molecule has 0 bridgehead atoms. The van der Waals surface area contributed by atoms with Gasteiger partial charge in [-0.2, -0.15) is 5.26 Å². The van der Waals surface area contributed by atoms with Crippen molar-refractivity contribution in [3.8, 4) is 16.6 Å². The summed E-state index contributed by atoms with van der Waals surface area (Å²) in [5, 5.41) is 8.55. The lowest BCUT2D eigenvalue weighted by molar-refractivity contribution is 1.23. The zero-order chi connectivity index (χ0) is 9.26. The highest BCUT2D eigenvalue weighted by Crippen LogP contribution is 2.29. The minimum atomic E-state index is 0.347. The van der Waals surface area contributed by atoms with Crippen LogP contribution >= 0.6 is 27.3 Å². The largest absolute Gasteiger partial charge is 0.329 e. The van der Waals surface area contributed by atoms with E-state index in [4.69, 9.17) is 5.26 Å². The van der Waals surface area contributed by atoms with Crippen LogP contribution in [0.4, 0.5) is 0 Å². The van der Waals surface area contributed by atoms with Gasteiger partial charge in [0.1, 0.15) is 6.07 Å². The van der Waals surface area contributed by atoms with Crippen molar-refractivity contribution in [1.29, 1.82) is 5.26 Å². The van der Waals surface area contributed by atoms with Gasteiger partial charge in [0.25, 0.3) is 0 Å². The highest BCUT2D eigenvalue weighted by molar-refractivity contribution is 9.11. The number of imidazole rings is 1. The molecule has 64 valence electrons. The minimum absolute atomic E-state index is 0.347. The summed E-state index contributed by atoms with van der Waals surface area (Å²) in [5.41, 5.74) is 0.882. The molecule has 2 heterocycles. The van der Waals surface area contributed by atoms with E-state index < -0.39 is 0 Å². The summed E-state index contributed by atoms with van der Waals surface area (Å²) in [6, 6.07) is 5.89. The summed E-state index contributed by atoms with van der Waals surface area (Å²) in [4.78, 5) is 7.88. The van der Waals surface area contributed by atoms with E-state index in [0.29, 0.717) is 5.82 Å². The molecule has 13 heavy (non-hydrogen) atoms. The average molecular weight is 254 g/mol. The van der Waals surface area contributed by atoms with Crippen molar-refractivity contribution in [2.45, 2.75) is 0 Å². The van der Waals surface area contributed by atoms with E-state index in [2.05, 4.69) is 25.9 Å². The number of H-pyrrole nitrogens is 1. The monoisotopic (exact) mass is 253 g/mol. The summed E-state index contributed by atoms with van der Waals surface area (Å²) < 4.78 is 1.07. The van der Waals surface area contributed by atoms with Crippen LogP contribution in [0.15, 0.2) is 22.1 Å². The SMILES string of the molecule is N#Cc1ncc(-c2ccc(Br)s2)[nH]1. The lowest BCUT2D eigenvalue weighted by atomic mass is 10.4. The lowest BCUT2D eigenvalue weighted by Gasteiger charge is -1.86. The molecule has 2 rings (SSSR count). The Balaban J connectivity index is 2.42. The second-order valence-electron chi connectivity index (χ2n) is 2.36. The molecular weight excluding hydrogens is 250 g/mol. The number of hydrogen-bond donors (Lipinski definition) is 1. The predicted molar refractivity (Wildman–Crippen MR) is 54.3 cm³/mol. The Morgan fingerprint density at radius 1 is 1.54 bits per heavy atom. The molecule has 1 N–H and O–H groups in total. The first kappa shape index (κ1) is 8.48. The van der Waals surface area contributed by atoms with E-state index in [1.165, 1.54) is 0 Å². The van der Waals surface area contributed by atoms with Gasteiger partial charge in [0.2, 0.25) is 5.82 Å². The number of hydrogen-bond acceptors (Lipinski definition) is 3. The number of nitrogens with zero attached hydrogens (tertiary/aromatic N) is 2. The van der Waals surface area contributed by atoms with Gasteiger partial charge in [0, 0.05) is 0 Å². The average Bonchev–Trinajstić information content (AvgIpc) is 2.71. The van der Waals surface area contributed by atoms with Gasteiger partial charge in [-0.05, 0) is 28.1 Å². The van der Waals surface area contributed by atoms with Crippen LogP contribution < -0.4 is 0 Å². The fourth-order valence-corrected chi connectivity index (χ4v) is 2.31. The second-order valence-corrected chi connectivity index (χ2v) is 4.82. The van der Waals surface area contributed by atoms with Gasteiger partial charge in [0.15, 0.2) is 0 Å². The van der Waals surface area contributed by atoms with Crippen LogP contribution in [0.3, 0.4) is 0 Å². The molecule has 2 aromatic heterocycles. The zero-order valence-electron chi connectivity index (χ0n) is 6.41. The summed E-state index contributed by atoms with van der Waals surface area (Å²) >= 11 is 4.97. The Bertz CT molecular complexity index is 466. The number of nitriles is 1. The van der Waals surface area contributed by atoms with E-state index in [0.717, 1.165) is 14.4 Å². The number of halogens is 1. The Kier molecular flexibility index (Phi) is 2.17. The number of thiophene rings is 1. The van der Waals surface area contributed by atoms with Crippen molar-refractivity contribution < 1.29 is 0 Å². The highest BCUT2D eigenvalue weighted by atomic mass is 79.9. The molecule has 0 unspecified atom stereocenters. The van der Waals surface area contributed by atoms with Gasteiger partial charge in [-0.3, -0.25) is 0 Å². The van der Waals surface area contributed by atoms with E-state index in [9.17, 15) is 0 Å². The molecule has 2 aromatic rings. The van der Waals surface area contributed by atoms with Crippen LogP contribution in [0, 0.1) is 11.3 Å². The minimum Gasteiger partial charge on any atom is -0.329 e. The molecule has 0 aliphatic heterocycles. The fraction of sp³-hybridized carbons (Fsp3) is 0. The number of rotatable bonds is 1. The Hall–Kier alpha value is -1.12. The van der Waals surface area contributed by atoms with Crippen molar-refractivity contribution in [1.82, 2.24) is 9.97 Å². The molecule has 0 radical (unpaired) electrons. The fourth-order valence-electron chi connectivity index (χ4n) is 0.962. The molecule has 0 saturated carbocycles. The zero-order valence-corrected chi connectivity index (χ0v) is 8.82. The first-order valence-corrected chi connectivity index (χ1v) is 5.11. The summed E-state index contributed by atoms with van der Waals surface area (Å²) in [6.45, 7) is 0. The maximum Gasteiger partial charge on any atom is 0.210 e. The van der Waals surface area contributed by atoms with Gasteiger partial charge >= 0.3 is 0 Å². The first-order valence-electron chi connectivity index (χ1n) is 3.50. The van der Waals surface area contributed by atoms with Crippen LogP contribution in [0.5, 0.6) is 0 Å². The third-order valence-electron chi connectivity index (χ3n) is 1.52. The van der Waals surface area contributed by atoms with Crippen LogP contribution in [0.25, 0.3) is 10.6 Å². The summed E-state index contributed by atoms with van der Waals surface area (Å²) in [6.07, 6.45) is 1.66. The molecule has 0 atom stereocenters. The number of nitrogens with one attached hydrogen (secondary N) is 1. The molecule has 3 nitrogen and oxygen atoms in total. The topological polar surface area (TPSA) is 52.5 Å². The molecule has 5 heteroatoms. The standard InChI is InChI=1S/C8H4BrN3S/c9-7-2-1-6(13-7)5-4-11-8(3-10)12-5/h1-2,4H,(H,11,12). The first-order chi connectivity index (χ1) is 6.29. The quantitative estimate of drug-likeness (QED) is 0.850. The van der Waals surface area contributed by atoms with Gasteiger partial charge in [-0.25, -0.2) is 4.98 Å². The van der Waals surface area contributed by atoms with Crippen molar-refractivity contribution in [3.63, 3.8) is 0 Å². The summed E-state index contributed by atoms with van der Waals surface area (Å²) in [5.74, 6) is 0.347. The lowest BCUT2D eigenvalue weighted by Crippen LogP contribution is -1.74. The van der Waals surface area contributed by atoms with Crippen LogP contribution in [0.1, 0.15) is 5.82 Å². The summed E-state index contributed by atoms with van der Waals surface area (Å²) in [7, 11) is 0. The molecule has 0 aliphatic rings. The van der Waals surface area contributed by atoms with Crippen molar-refractivity contribution in [2.75, 3.05) is 0 Å².